The van der Waals surface area contributed by atoms with Gasteiger partial charge < -0.3 is 30.1 Å². The lowest BCUT2D eigenvalue weighted by Gasteiger charge is -2.39. The van der Waals surface area contributed by atoms with Crippen LogP contribution >= 0.6 is 0 Å². The summed E-state index contributed by atoms with van der Waals surface area (Å²) in [6, 6.07) is 2.86. The Morgan fingerprint density at radius 2 is 2.06 bits per heavy atom. The van der Waals surface area contributed by atoms with E-state index >= 15 is 0 Å². The zero-order valence-corrected chi connectivity index (χ0v) is 20.3. The van der Waals surface area contributed by atoms with E-state index in [1.807, 2.05) is 13.8 Å². The van der Waals surface area contributed by atoms with Crippen molar-refractivity contribution in [2.24, 2.45) is 5.92 Å². The molecule has 3 heterocycles. The van der Waals surface area contributed by atoms with E-state index in [1.54, 1.807) is 4.90 Å². The number of hydrogen-bond donors (Lipinski definition) is 3. The molecule has 2 aliphatic heterocycles. The summed E-state index contributed by atoms with van der Waals surface area (Å²) in [7, 11) is 0. The van der Waals surface area contributed by atoms with Gasteiger partial charge in [0.1, 0.15) is 11.9 Å². The molecule has 1 aliphatic carbocycles. The summed E-state index contributed by atoms with van der Waals surface area (Å²) in [6.07, 6.45) is 6.76. The van der Waals surface area contributed by atoms with Crippen molar-refractivity contribution in [3.8, 4) is 0 Å². The fraction of sp³-hybridized carbons (Fsp3) is 0.720. The number of urea groups is 1. The molecule has 9 nitrogen and oxygen atoms in total. The third-order valence-electron chi connectivity index (χ3n) is 7.21. The van der Waals surface area contributed by atoms with Gasteiger partial charge in [-0.15, -0.1) is 0 Å². The fourth-order valence-electron chi connectivity index (χ4n) is 5.14. The number of ether oxygens (including phenoxy) is 2. The molecule has 3 atom stereocenters. The van der Waals surface area contributed by atoms with E-state index in [-0.39, 0.29) is 30.6 Å². The van der Waals surface area contributed by atoms with Crippen molar-refractivity contribution in [1.29, 1.82) is 0 Å². The molecule has 0 spiro atoms. The van der Waals surface area contributed by atoms with Crippen LogP contribution in [0.4, 0.5) is 10.6 Å². The predicted octanol–water partition coefficient (Wildman–Crippen LogP) is 2.83. The van der Waals surface area contributed by atoms with Crippen LogP contribution in [0.3, 0.4) is 0 Å². The fourth-order valence-corrected chi connectivity index (χ4v) is 5.14. The van der Waals surface area contributed by atoms with E-state index in [2.05, 4.69) is 22.8 Å². The van der Waals surface area contributed by atoms with Gasteiger partial charge in [-0.05, 0) is 69.9 Å². The SMILES string of the molecule is CC1COCC(C)N1C(=O)NC(CCOC1CC(CCc2ccc3c(n2)NCCC3)C1)C(=O)O. The monoisotopic (exact) mass is 474 g/mol. The second-order valence-electron chi connectivity index (χ2n) is 9.98. The first kappa shape index (κ1) is 24.7. The molecule has 3 aliphatic rings. The lowest BCUT2D eigenvalue weighted by molar-refractivity contribution is -0.140. The number of carbonyl (C=O) groups is 2. The van der Waals surface area contributed by atoms with Crippen molar-refractivity contribution in [3.63, 3.8) is 0 Å². The van der Waals surface area contributed by atoms with E-state index in [1.165, 1.54) is 12.0 Å². The second kappa shape index (κ2) is 11.4. The van der Waals surface area contributed by atoms with Crippen molar-refractivity contribution < 1.29 is 24.2 Å². The number of fused-ring (bicyclic) bond motifs is 1. The van der Waals surface area contributed by atoms with E-state index in [0.717, 1.165) is 50.2 Å². The van der Waals surface area contributed by atoms with Crippen molar-refractivity contribution >= 4 is 17.8 Å². The van der Waals surface area contributed by atoms with Gasteiger partial charge in [0.25, 0.3) is 0 Å². The molecule has 3 N–H and O–H groups in total. The maximum absolute atomic E-state index is 12.7. The highest BCUT2D eigenvalue weighted by atomic mass is 16.5. The maximum Gasteiger partial charge on any atom is 0.326 e. The van der Waals surface area contributed by atoms with E-state index < -0.39 is 12.0 Å². The first-order valence-electron chi connectivity index (χ1n) is 12.6. The molecule has 188 valence electrons. The number of pyridine rings is 1. The summed E-state index contributed by atoms with van der Waals surface area (Å²) < 4.78 is 11.4. The number of carbonyl (C=O) groups excluding carboxylic acids is 1. The summed E-state index contributed by atoms with van der Waals surface area (Å²) in [4.78, 5) is 30.8. The summed E-state index contributed by atoms with van der Waals surface area (Å²) in [6.45, 7) is 6.05. The molecule has 1 aromatic heterocycles. The van der Waals surface area contributed by atoms with Gasteiger partial charge in [-0.3, -0.25) is 0 Å². The van der Waals surface area contributed by atoms with Crippen LogP contribution in [0, 0.1) is 5.92 Å². The van der Waals surface area contributed by atoms with Gasteiger partial charge in [-0.2, -0.15) is 0 Å². The number of hydrogen-bond acceptors (Lipinski definition) is 6. The Balaban J connectivity index is 1.14. The minimum atomic E-state index is -1.04. The molecular formula is C25H38N4O5. The van der Waals surface area contributed by atoms with Crippen LogP contribution in [-0.4, -0.2) is 77.6 Å². The van der Waals surface area contributed by atoms with Crippen LogP contribution in [-0.2, 0) is 27.1 Å². The van der Waals surface area contributed by atoms with Crippen LogP contribution in [0.1, 0.15) is 57.2 Å². The Kier molecular flexibility index (Phi) is 8.26. The van der Waals surface area contributed by atoms with Crippen LogP contribution in [0.15, 0.2) is 12.1 Å². The zero-order chi connectivity index (χ0) is 24.1. The van der Waals surface area contributed by atoms with Crippen LogP contribution in [0.2, 0.25) is 0 Å². The van der Waals surface area contributed by atoms with Gasteiger partial charge in [0, 0.05) is 25.3 Å². The Morgan fingerprint density at radius 1 is 1.29 bits per heavy atom. The largest absolute Gasteiger partial charge is 0.480 e. The molecule has 1 aromatic rings. The molecule has 0 radical (unpaired) electrons. The Labute approximate surface area is 201 Å². The first-order valence-corrected chi connectivity index (χ1v) is 12.6. The quantitative estimate of drug-likeness (QED) is 0.504. The van der Waals surface area contributed by atoms with Crippen molar-refractivity contribution in [2.75, 3.05) is 31.7 Å². The van der Waals surface area contributed by atoms with Gasteiger partial charge in [0.2, 0.25) is 0 Å². The summed E-state index contributed by atoms with van der Waals surface area (Å²) in [5.74, 6) is 0.635. The Hall–Kier alpha value is -2.39. The highest BCUT2D eigenvalue weighted by Gasteiger charge is 2.33. The molecule has 2 fully saturated rings. The number of aliphatic carboxylic acids is 1. The molecule has 1 saturated heterocycles. The number of aryl methyl sites for hydroxylation is 2. The Bertz CT molecular complexity index is 850. The molecule has 0 bridgehead atoms. The van der Waals surface area contributed by atoms with Gasteiger partial charge in [-0.1, -0.05) is 6.07 Å². The minimum absolute atomic E-state index is 0.0888. The van der Waals surface area contributed by atoms with Crippen LogP contribution in [0.25, 0.3) is 0 Å². The number of nitrogens with zero attached hydrogens (tertiary/aromatic N) is 2. The number of anilines is 1. The van der Waals surface area contributed by atoms with E-state index in [9.17, 15) is 14.7 Å². The van der Waals surface area contributed by atoms with Crippen LogP contribution in [0.5, 0.6) is 0 Å². The second-order valence-corrected chi connectivity index (χ2v) is 9.98. The first-order chi connectivity index (χ1) is 16.4. The number of morpholine rings is 1. The average molecular weight is 475 g/mol. The number of rotatable bonds is 9. The number of aromatic nitrogens is 1. The molecule has 2 amide bonds. The van der Waals surface area contributed by atoms with Gasteiger partial charge >= 0.3 is 12.0 Å². The number of amides is 2. The average Bonchev–Trinajstić information content (AvgIpc) is 2.78. The summed E-state index contributed by atoms with van der Waals surface area (Å²) in [5.41, 5.74) is 2.46. The van der Waals surface area contributed by atoms with Gasteiger partial charge in [0.15, 0.2) is 0 Å². The molecule has 4 rings (SSSR count). The normalized spacial score (nSPS) is 27.2. The smallest absolute Gasteiger partial charge is 0.326 e. The predicted molar refractivity (Wildman–Crippen MR) is 128 cm³/mol. The maximum atomic E-state index is 12.7. The number of carboxylic acids is 1. The molecule has 1 saturated carbocycles. The third kappa shape index (κ3) is 6.18. The van der Waals surface area contributed by atoms with E-state index in [4.69, 9.17) is 14.5 Å². The number of nitrogens with one attached hydrogen (secondary N) is 2. The molecule has 9 heteroatoms. The standard InChI is InChI=1S/C25H38N4O5/c1-16-14-33-15-17(2)29(16)25(32)28-22(24(30)31)9-11-34-21-12-18(13-21)5-7-20-8-6-19-4-3-10-26-23(19)27-20/h6,8,16-18,21-22H,3-5,7,9-15H2,1-2H3,(H,26,27)(H,28,32)(H,30,31). The highest BCUT2D eigenvalue weighted by molar-refractivity contribution is 5.83. The minimum Gasteiger partial charge on any atom is -0.480 e. The zero-order valence-electron chi connectivity index (χ0n) is 20.3. The summed E-state index contributed by atoms with van der Waals surface area (Å²) >= 11 is 0. The molecular weight excluding hydrogens is 436 g/mol. The number of carboxylic acid groups (broad SMARTS) is 1. The topological polar surface area (TPSA) is 113 Å². The van der Waals surface area contributed by atoms with Crippen LogP contribution < -0.4 is 10.6 Å². The van der Waals surface area contributed by atoms with Crippen molar-refractivity contribution in [3.05, 3.63) is 23.4 Å². The lowest BCUT2D eigenvalue weighted by atomic mass is 9.79. The van der Waals surface area contributed by atoms with Crippen molar-refractivity contribution in [1.82, 2.24) is 15.2 Å². The Morgan fingerprint density at radius 3 is 2.79 bits per heavy atom. The lowest BCUT2D eigenvalue weighted by Crippen LogP contribution is -2.58. The van der Waals surface area contributed by atoms with Gasteiger partial charge in [0.05, 0.1) is 31.4 Å². The highest BCUT2D eigenvalue weighted by Crippen LogP contribution is 2.34. The van der Waals surface area contributed by atoms with Crippen molar-refractivity contribution in [2.45, 2.75) is 83.0 Å². The molecule has 34 heavy (non-hydrogen) atoms. The third-order valence-corrected chi connectivity index (χ3v) is 7.21. The summed E-state index contributed by atoms with van der Waals surface area (Å²) in [5, 5.41) is 15.6. The molecule has 0 aromatic carbocycles. The molecule has 3 unspecified atom stereocenters. The van der Waals surface area contributed by atoms with Gasteiger partial charge in [-0.25, -0.2) is 14.6 Å². The van der Waals surface area contributed by atoms with E-state index in [0.29, 0.717) is 25.7 Å².